The fraction of sp³-hybridized carbons (Fsp3) is 0.556. The summed E-state index contributed by atoms with van der Waals surface area (Å²) in [6, 6.07) is 0. The lowest BCUT2D eigenvalue weighted by Gasteiger charge is -2.19. The molecule has 1 aromatic rings. The van der Waals surface area contributed by atoms with E-state index in [-0.39, 0.29) is 5.41 Å². The molecule has 1 heterocycles. The van der Waals surface area contributed by atoms with Crippen LogP contribution in [0.25, 0.3) is 0 Å². The second kappa shape index (κ2) is 4.45. The van der Waals surface area contributed by atoms with Crippen molar-refractivity contribution in [3.63, 3.8) is 0 Å². The molecule has 0 saturated carbocycles. The van der Waals surface area contributed by atoms with Gasteiger partial charge >= 0.3 is 0 Å². The Kier molecular flexibility index (Phi) is 3.72. The van der Waals surface area contributed by atoms with E-state index in [9.17, 15) is 0 Å². The van der Waals surface area contributed by atoms with Gasteiger partial charge in [0.1, 0.15) is 17.3 Å². The zero-order valence-corrected chi connectivity index (χ0v) is 10.8. The normalized spacial score (nSPS) is 11.5. The lowest BCUT2D eigenvalue weighted by Crippen LogP contribution is -2.19. The maximum Gasteiger partial charge on any atom is 0.148 e. The summed E-state index contributed by atoms with van der Waals surface area (Å²) in [4.78, 5) is 7.94. The van der Waals surface area contributed by atoms with Crippen molar-refractivity contribution in [2.45, 2.75) is 20.8 Å². The van der Waals surface area contributed by atoms with Crippen LogP contribution in [-0.4, -0.2) is 16.5 Å². The van der Waals surface area contributed by atoms with E-state index in [1.165, 1.54) is 6.33 Å². The lowest BCUT2D eigenvalue weighted by atomic mass is 9.97. The first-order valence-corrected chi connectivity index (χ1v) is 5.47. The molecule has 0 aliphatic heterocycles. The number of hydrogen-bond acceptors (Lipinski definition) is 3. The molecule has 0 bridgehead atoms. The summed E-state index contributed by atoms with van der Waals surface area (Å²) < 4.78 is 0.714. The predicted molar refractivity (Wildman–Crippen MR) is 62.7 cm³/mol. The van der Waals surface area contributed by atoms with Crippen LogP contribution >= 0.6 is 27.5 Å². The Morgan fingerprint density at radius 3 is 2.64 bits per heavy atom. The first kappa shape index (κ1) is 11.7. The highest BCUT2D eigenvalue weighted by molar-refractivity contribution is 9.10. The molecule has 0 saturated heterocycles. The van der Waals surface area contributed by atoms with Crippen molar-refractivity contribution in [1.82, 2.24) is 9.97 Å². The second-order valence-corrected chi connectivity index (χ2v) is 5.39. The SMILES string of the molecule is CC(C)(C)CNc1ncnc(Cl)c1Br. The molecule has 0 spiro atoms. The van der Waals surface area contributed by atoms with Gasteiger partial charge in [-0.1, -0.05) is 32.4 Å². The van der Waals surface area contributed by atoms with E-state index in [4.69, 9.17) is 11.6 Å². The van der Waals surface area contributed by atoms with Gasteiger partial charge in [0, 0.05) is 6.54 Å². The van der Waals surface area contributed by atoms with Crippen LogP contribution in [0.3, 0.4) is 0 Å². The van der Waals surface area contributed by atoms with Crippen LogP contribution in [0.2, 0.25) is 5.15 Å². The second-order valence-electron chi connectivity index (χ2n) is 4.24. The maximum atomic E-state index is 5.83. The first-order valence-electron chi connectivity index (χ1n) is 4.30. The van der Waals surface area contributed by atoms with Crippen molar-refractivity contribution in [2.75, 3.05) is 11.9 Å². The van der Waals surface area contributed by atoms with Crippen LogP contribution in [0, 0.1) is 5.41 Å². The van der Waals surface area contributed by atoms with Crippen molar-refractivity contribution < 1.29 is 0 Å². The minimum atomic E-state index is 0.205. The molecule has 1 aromatic heterocycles. The van der Waals surface area contributed by atoms with Gasteiger partial charge in [0.2, 0.25) is 0 Å². The molecule has 14 heavy (non-hydrogen) atoms. The van der Waals surface area contributed by atoms with Crippen LogP contribution in [0.5, 0.6) is 0 Å². The van der Waals surface area contributed by atoms with Gasteiger partial charge in [-0.15, -0.1) is 0 Å². The van der Waals surface area contributed by atoms with Crippen molar-refractivity contribution >= 4 is 33.3 Å². The summed E-state index contributed by atoms with van der Waals surface area (Å²) in [7, 11) is 0. The zero-order chi connectivity index (χ0) is 10.8. The van der Waals surface area contributed by atoms with Gasteiger partial charge in [-0.2, -0.15) is 0 Å². The Hall–Kier alpha value is -0.350. The molecule has 0 amide bonds. The highest BCUT2D eigenvalue weighted by Crippen LogP contribution is 2.26. The Bertz CT molecular complexity index is 322. The molecule has 0 fully saturated rings. The minimum absolute atomic E-state index is 0.205. The number of rotatable bonds is 2. The molecule has 0 aliphatic carbocycles. The summed E-state index contributed by atoms with van der Waals surface area (Å²) in [6.45, 7) is 7.28. The molecule has 0 aromatic carbocycles. The fourth-order valence-electron chi connectivity index (χ4n) is 0.820. The number of nitrogens with one attached hydrogen (secondary N) is 1. The number of nitrogens with zero attached hydrogens (tertiary/aromatic N) is 2. The molecule has 0 aliphatic rings. The monoisotopic (exact) mass is 277 g/mol. The van der Waals surface area contributed by atoms with Crippen molar-refractivity contribution in [1.29, 1.82) is 0 Å². The van der Waals surface area contributed by atoms with Gasteiger partial charge < -0.3 is 5.32 Å². The highest BCUT2D eigenvalue weighted by Gasteiger charge is 2.12. The third-order valence-corrected chi connectivity index (χ3v) is 2.80. The summed E-state index contributed by atoms with van der Waals surface area (Å²) in [5.41, 5.74) is 0.205. The predicted octanol–water partition coefficient (Wildman–Crippen LogP) is 3.35. The van der Waals surface area contributed by atoms with Crippen LogP contribution in [0.4, 0.5) is 5.82 Å². The van der Waals surface area contributed by atoms with Crippen LogP contribution in [0.15, 0.2) is 10.8 Å². The molecule has 78 valence electrons. The number of anilines is 1. The van der Waals surface area contributed by atoms with Crippen LogP contribution < -0.4 is 5.32 Å². The molecule has 5 heteroatoms. The van der Waals surface area contributed by atoms with Crippen LogP contribution in [-0.2, 0) is 0 Å². The molecule has 1 rings (SSSR count). The van der Waals surface area contributed by atoms with E-state index >= 15 is 0 Å². The summed E-state index contributed by atoms with van der Waals surface area (Å²) >= 11 is 9.15. The van der Waals surface area contributed by atoms with E-state index in [1.807, 2.05) is 0 Å². The fourth-order valence-corrected chi connectivity index (χ4v) is 1.30. The smallest absolute Gasteiger partial charge is 0.148 e. The molecule has 0 unspecified atom stereocenters. The topological polar surface area (TPSA) is 37.8 Å². The van der Waals surface area contributed by atoms with Crippen LogP contribution in [0.1, 0.15) is 20.8 Å². The molecular formula is C9H13BrClN3. The molecular weight excluding hydrogens is 265 g/mol. The van der Waals surface area contributed by atoms with Crippen molar-refractivity contribution in [3.05, 3.63) is 16.0 Å². The lowest BCUT2D eigenvalue weighted by molar-refractivity contribution is 0.442. The number of aromatic nitrogens is 2. The average molecular weight is 279 g/mol. The minimum Gasteiger partial charge on any atom is -0.368 e. The van der Waals surface area contributed by atoms with E-state index in [0.29, 0.717) is 9.63 Å². The largest absolute Gasteiger partial charge is 0.368 e. The van der Waals surface area contributed by atoms with Gasteiger partial charge in [-0.3, -0.25) is 0 Å². The van der Waals surface area contributed by atoms with Gasteiger partial charge in [0.05, 0.1) is 4.47 Å². The summed E-state index contributed by atoms with van der Waals surface area (Å²) in [5, 5.41) is 3.64. The van der Waals surface area contributed by atoms with E-state index < -0.39 is 0 Å². The summed E-state index contributed by atoms with van der Waals surface area (Å²) in [6.07, 6.45) is 1.44. The third kappa shape index (κ3) is 3.42. The Morgan fingerprint density at radius 2 is 2.07 bits per heavy atom. The van der Waals surface area contributed by atoms with Crippen molar-refractivity contribution in [2.24, 2.45) is 5.41 Å². The molecule has 3 nitrogen and oxygen atoms in total. The van der Waals surface area contributed by atoms with Crippen molar-refractivity contribution in [3.8, 4) is 0 Å². The number of halogens is 2. The maximum absolute atomic E-state index is 5.83. The summed E-state index contributed by atoms with van der Waals surface area (Å²) in [5.74, 6) is 0.736. The van der Waals surface area contributed by atoms with Gasteiger partial charge in [0.15, 0.2) is 0 Å². The quantitative estimate of drug-likeness (QED) is 0.843. The molecule has 1 N–H and O–H groups in total. The van der Waals surface area contributed by atoms with Gasteiger partial charge in [-0.25, -0.2) is 9.97 Å². The van der Waals surface area contributed by atoms with E-state index in [0.717, 1.165) is 12.4 Å². The first-order chi connectivity index (χ1) is 6.40. The number of hydrogen-bond donors (Lipinski definition) is 1. The highest BCUT2D eigenvalue weighted by atomic mass is 79.9. The Morgan fingerprint density at radius 1 is 1.43 bits per heavy atom. The van der Waals surface area contributed by atoms with E-state index in [2.05, 4.69) is 52.0 Å². The molecule has 0 radical (unpaired) electrons. The van der Waals surface area contributed by atoms with E-state index in [1.54, 1.807) is 0 Å². The Balaban J connectivity index is 2.73. The average Bonchev–Trinajstić information content (AvgIpc) is 2.06. The molecule has 0 atom stereocenters. The third-order valence-electron chi connectivity index (χ3n) is 1.53. The van der Waals surface area contributed by atoms with Gasteiger partial charge in [0.25, 0.3) is 0 Å². The zero-order valence-electron chi connectivity index (χ0n) is 8.43. The van der Waals surface area contributed by atoms with Gasteiger partial charge in [-0.05, 0) is 21.3 Å². The Labute approximate surface area is 97.4 Å². The standard InChI is InChI=1S/C9H13BrClN3/c1-9(2,3)4-12-8-6(10)7(11)13-5-14-8/h5H,4H2,1-3H3,(H,12,13,14).